The van der Waals surface area contributed by atoms with Crippen LogP contribution in [0.2, 0.25) is 0 Å². The fraction of sp³-hybridized carbons (Fsp3) is 0.190. The van der Waals surface area contributed by atoms with Gasteiger partial charge in [-0.15, -0.1) is 0 Å². The Morgan fingerprint density at radius 2 is 1.83 bits per heavy atom. The van der Waals surface area contributed by atoms with Gasteiger partial charge in [-0.2, -0.15) is 0 Å². The average Bonchev–Trinajstić information content (AvgIpc) is 2.72. The number of nitrogens with one attached hydrogen (secondary N) is 1. The van der Waals surface area contributed by atoms with Gasteiger partial charge < -0.3 is 9.72 Å². The summed E-state index contributed by atoms with van der Waals surface area (Å²) in [6.45, 7) is 1.57. The van der Waals surface area contributed by atoms with Gasteiger partial charge in [0.2, 0.25) is 11.3 Å². The van der Waals surface area contributed by atoms with Crippen LogP contribution < -0.4 is 5.56 Å². The van der Waals surface area contributed by atoms with E-state index >= 15 is 0 Å². The normalized spacial score (nSPS) is 11.8. The Bertz CT molecular complexity index is 1130. The Kier molecular flexibility index (Phi) is 5.82. The summed E-state index contributed by atoms with van der Waals surface area (Å²) in [5.74, 6) is -2.57. The minimum absolute atomic E-state index is 0.0802. The zero-order chi connectivity index (χ0) is 21.0. The fourth-order valence-electron chi connectivity index (χ4n) is 3.14. The zero-order valence-electron chi connectivity index (χ0n) is 15.6. The van der Waals surface area contributed by atoms with Crippen molar-refractivity contribution < 1.29 is 19.2 Å². The molecule has 1 heterocycles. The highest BCUT2D eigenvalue weighted by atomic mass is 16.6. The van der Waals surface area contributed by atoms with Gasteiger partial charge in [-0.1, -0.05) is 25.1 Å². The average molecular weight is 394 g/mol. The molecule has 8 nitrogen and oxygen atoms in total. The molecule has 1 aromatic heterocycles. The molecule has 3 aromatic rings. The summed E-state index contributed by atoms with van der Waals surface area (Å²) in [5, 5.41) is 11.4. The first kappa shape index (κ1) is 19.9. The molecule has 0 spiro atoms. The van der Waals surface area contributed by atoms with Crippen LogP contribution in [0.5, 0.6) is 0 Å². The Morgan fingerprint density at radius 1 is 1.14 bits per heavy atom. The Hall–Kier alpha value is -3.81. The second-order valence-electron chi connectivity index (χ2n) is 6.46. The molecule has 2 aromatic carbocycles. The molecule has 0 aliphatic carbocycles. The van der Waals surface area contributed by atoms with Crippen molar-refractivity contribution in [3.63, 3.8) is 0 Å². The highest BCUT2D eigenvalue weighted by molar-refractivity contribution is 6.36. The molecular weight excluding hydrogens is 376 g/mol. The number of hydrogen-bond acceptors (Lipinski definition) is 6. The summed E-state index contributed by atoms with van der Waals surface area (Å²) >= 11 is 0. The van der Waals surface area contributed by atoms with Gasteiger partial charge in [0.1, 0.15) is 6.61 Å². The number of aromatic nitrogens is 1. The molecule has 0 saturated carbocycles. The van der Waals surface area contributed by atoms with Crippen LogP contribution in [0.4, 0.5) is 5.69 Å². The van der Waals surface area contributed by atoms with Crippen LogP contribution in [0.1, 0.15) is 30.4 Å². The number of para-hydroxylation sites is 1. The van der Waals surface area contributed by atoms with Crippen LogP contribution in [-0.4, -0.2) is 21.7 Å². The number of carbonyl (C=O) groups excluding carboxylic acids is 2. The number of aromatic amines is 1. The number of hydrogen-bond donors (Lipinski definition) is 1. The maximum Gasteiger partial charge on any atom is 0.375 e. The van der Waals surface area contributed by atoms with E-state index in [2.05, 4.69) is 4.98 Å². The first-order valence-electron chi connectivity index (χ1n) is 8.97. The molecule has 0 fully saturated rings. The first-order valence-corrected chi connectivity index (χ1v) is 8.97. The second kappa shape index (κ2) is 8.47. The van der Waals surface area contributed by atoms with Crippen molar-refractivity contribution in [2.45, 2.75) is 25.9 Å². The third-order valence-electron chi connectivity index (χ3n) is 4.60. The Labute approximate surface area is 165 Å². The summed E-state index contributed by atoms with van der Waals surface area (Å²) in [7, 11) is 0. The van der Waals surface area contributed by atoms with Crippen LogP contribution in [0, 0.1) is 10.1 Å². The lowest BCUT2D eigenvalue weighted by Crippen LogP contribution is -2.25. The minimum Gasteiger partial charge on any atom is -0.455 e. The molecule has 29 heavy (non-hydrogen) atoms. The van der Waals surface area contributed by atoms with E-state index in [1.54, 1.807) is 31.2 Å². The number of H-pyrrole nitrogens is 1. The van der Waals surface area contributed by atoms with E-state index in [0.717, 1.165) is 0 Å². The quantitative estimate of drug-likeness (QED) is 0.284. The van der Waals surface area contributed by atoms with Crippen LogP contribution >= 0.6 is 0 Å². The lowest BCUT2D eigenvalue weighted by molar-refractivity contribution is -0.384. The van der Waals surface area contributed by atoms with Gasteiger partial charge in [0.15, 0.2) is 0 Å². The summed E-state index contributed by atoms with van der Waals surface area (Å²) in [6, 6.07) is 13.9. The molecular formula is C21H18N2O6. The number of rotatable bonds is 7. The summed E-state index contributed by atoms with van der Waals surface area (Å²) in [5.41, 5.74) is 1.14. The Balaban J connectivity index is 1.78. The number of ketones is 1. The first-order chi connectivity index (χ1) is 13.9. The predicted octanol–water partition coefficient (Wildman–Crippen LogP) is 3.24. The zero-order valence-corrected chi connectivity index (χ0v) is 15.6. The van der Waals surface area contributed by atoms with E-state index < -0.39 is 22.6 Å². The molecule has 1 unspecified atom stereocenters. The molecule has 0 bridgehead atoms. The molecule has 8 heteroatoms. The highest BCUT2D eigenvalue weighted by Crippen LogP contribution is 2.27. The number of Topliss-reactive ketones (excluding diaryl/α,β-unsaturated/α-hetero) is 1. The van der Waals surface area contributed by atoms with E-state index in [9.17, 15) is 24.5 Å². The standard InChI is InChI=1S/C21H18N2O6/c1-2-15(17-11-19(24)22-18-6-4-3-5-16(17)18)20(25)21(26)29-12-13-7-9-14(10-8-13)23(27)28/h3-11,15H,2,12H2,1H3,(H,22,24). The number of nitro benzene ring substituents is 1. The smallest absolute Gasteiger partial charge is 0.375 e. The van der Waals surface area contributed by atoms with E-state index in [1.165, 1.54) is 30.3 Å². The monoisotopic (exact) mass is 394 g/mol. The largest absolute Gasteiger partial charge is 0.455 e. The molecule has 148 valence electrons. The third-order valence-corrected chi connectivity index (χ3v) is 4.60. The number of pyridine rings is 1. The van der Waals surface area contributed by atoms with Crippen molar-refractivity contribution in [1.82, 2.24) is 4.98 Å². The number of nitrogens with zero attached hydrogens (tertiary/aromatic N) is 1. The fourth-order valence-corrected chi connectivity index (χ4v) is 3.14. The maximum atomic E-state index is 12.7. The lowest BCUT2D eigenvalue weighted by atomic mass is 9.90. The Morgan fingerprint density at radius 3 is 2.48 bits per heavy atom. The summed E-state index contributed by atoms with van der Waals surface area (Å²) in [6.07, 6.45) is 0.318. The van der Waals surface area contributed by atoms with Gasteiger partial charge in [-0.05, 0) is 35.7 Å². The van der Waals surface area contributed by atoms with Crippen molar-refractivity contribution in [2.24, 2.45) is 0 Å². The SMILES string of the molecule is CCC(C(=O)C(=O)OCc1ccc([N+](=O)[O-])cc1)c1cc(=O)[nH]c2ccccc12. The van der Waals surface area contributed by atoms with Gasteiger partial charge in [0.05, 0.1) is 10.8 Å². The van der Waals surface area contributed by atoms with Gasteiger partial charge in [0.25, 0.3) is 5.69 Å². The van der Waals surface area contributed by atoms with E-state index in [1.807, 2.05) is 0 Å². The van der Waals surface area contributed by atoms with E-state index in [-0.39, 0.29) is 17.9 Å². The van der Waals surface area contributed by atoms with Crippen molar-refractivity contribution >= 4 is 28.3 Å². The van der Waals surface area contributed by atoms with Crippen LogP contribution in [0.15, 0.2) is 59.4 Å². The number of esters is 1. The summed E-state index contributed by atoms with van der Waals surface area (Å²) < 4.78 is 5.09. The van der Waals surface area contributed by atoms with Gasteiger partial charge >= 0.3 is 5.97 Å². The molecule has 0 amide bonds. The number of non-ortho nitro benzene ring substituents is 1. The number of fused-ring (bicyclic) bond motifs is 1. The maximum absolute atomic E-state index is 12.7. The molecule has 1 N–H and O–H groups in total. The molecule has 3 rings (SSSR count). The number of carbonyl (C=O) groups is 2. The van der Waals surface area contributed by atoms with Gasteiger partial charge in [-0.25, -0.2) is 4.79 Å². The van der Waals surface area contributed by atoms with Gasteiger partial charge in [0, 0.05) is 29.1 Å². The predicted molar refractivity (Wildman–Crippen MR) is 106 cm³/mol. The van der Waals surface area contributed by atoms with Crippen molar-refractivity contribution in [1.29, 1.82) is 0 Å². The number of benzene rings is 2. The van der Waals surface area contributed by atoms with Crippen LogP contribution in [-0.2, 0) is 20.9 Å². The molecule has 1 atom stereocenters. The number of nitro groups is 1. The van der Waals surface area contributed by atoms with Crippen molar-refractivity contribution in [2.75, 3.05) is 0 Å². The highest BCUT2D eigenvalue weighted by Gasteiger charge is 2.28. The third kappa shape index (κ3) is 4.37. The second-order valence-corrected chi connectivity index (χ2v) is 6.46. The van der Waals surface area contributed by atoms with E-state index in [4.69, 9.17) is 4.74 Å². The molecule has 0 aliphatic heterocycles. The van der Waals surface area contributed by atoms with Crippen LogP contribution in [0.3, 0.4) is 0 Å². The molecule has 0 aliphatic rings. The molecule has 0 radical (unpaired) electrons. The van der Waals surface area contributed by atoms with Crippen molar-refractivity contribution in [3.8, 4) is 0 Å². The number of ether oxygens (including phenoxy) is 1. The summed E-state index contributed by atoms with van der Waals surface area (Å²) in [4.78, 5) is 49.9. The lowest BCUT2D eigenvalue weighted by Gasteiger charge is -2.15. The molecule has 0 saturated heterocycles. The van der Waals surface area contributed by atoms with E-state index in [0.29, 0.717) is 28.5 Å². The van der Waals surface area contributed by atoms with Crippen LogP contribution in [0.25, 0.3) is 10.9 Å². The minimum atomic E-state index is -1.01. The van der Waals surface area contributed by atoms with Gasteiger partial charge in [-0.3, -0.25) is 19.7 Å². The van der Waals surface area contributed by atoms with Crippen molar-refractivity contribution in [3.05, 3.63) is 86.2 Å². The topological polar surface area (TPSA) is 119 Å².